The maximum Gasteiger partial charge on any atom is 0.0940 e. The van der Waals surface area contributed by atoms with Gasteiger partial charge in [0, 0.05) is 13.6 Å². The van der Waals surface area contributed by atoms with E-state index >= 15 is 0 Å². The molecule has 1 heterocycles. The summed E-state index contributed by atoms with van der Waals surface area (Å²) >= 11 is 13.4. The van der Waals surface area contributed by atoms with Crippen molar-refractivity contribution in [1.29, 1.82) is 0 Å². The highest BCUT2D eigenvalue weighted by molar-refractivity contribution is 14.1. The molecule has 0 aliphatic heterocycles. The molecule has 0 amide bonds. The molecule has 0 N–H and O–H groups in total. The van der Waals surface area contributed by atoms with Crippen LogP contribution in [0.5, 0.6) is 0 Å². The molecule has 0 spiro atoms. The van der Waals surface area contributed by atoms with E-state index in [1.54, 1.807) is 11.3 Å². The number of fused-ring (bicyclic) bond motifs is 1. The van der Waals surface area contributed by atoms with Crippen molar-refractivity contribution in [2.24, 2.45) is 0 Å². The van der Waals surface area contributed by atoms with Crippen molar-refractivity contribution in [2.75, 3.05) is 0 Å². The molecular weight excluding hydrogens is 382 g/mol. The fourth-order valence-corrected chi connectivity index (χ4v) is 4.04. The van der Waals surface area contributed by atoms with Crippen molar-refractivity contribution in [3.63, 3.8) is 0 Å². The Hall–Kier alpha value is 0.680. The summed E-state index contributed by atoms with van der Waals surface area (Å²) < 4.78 is 3.41. The average Bonchev–Trinajstić information content (AvgIpc) is 2.42. The first-order valence-corrected chi connectivity index (χ1v) is 7.03. The molecule has 0 unspecified atom stereocenters. The highest BCUT2D eigenvalue weighted by Gasteiger charge is 2.04. The number of benzene rings is 1. The molecule has 0 bridgehead atoms. The summed E-state index contributed by atoms with van der Waals surface area (Å²) in [7, 11) is 0. The molecule has 2 aromatic rings. The Morgan fingerprint density at radius 2 is 2.15 bits per heavy atom. The van der Waals surface area contributed by atoms with Crippen LogP contribution in [0.1, 0.15) is 5.56 Å². The van der Waals surface area contributed by atoms with Crippen molar-refractivity contribution in [3.05, 3.63) is 31.7 Å². The Labute approximate surface area is 108 Å². The molecule has 0 saturated carbocycles. The lowest BCUT2D eigenvalue weighted by atomic mass is 10.2. The van der Waals surface area contributed by atoms with Gasteiger partial charge in [-0.25, -0.2) is 0 Å². The zero-order valence-corrected chi connectivity index (χ0v) is 11.8. The number of halogens is 3. The fraction of sp³-hybridized carbons (Fsp3) is 0.111. The van der Waals surface area contributed by atoms with Crippen molar-refractivity contribution in [1.82, 2.24) is 0 Å². The minimum absolute atomic E-state index is 0.859. The molecule has 1 aromatic carbocycles. The molecule has 68 valence electrons. The van der Waals surface area contributed by atoms with Crippen molar-refractivity contribution in [2.45, 2.75) is 5.33 Å². The van der Waals surface area contributed by atoms with Gasteiger partial charge in [0.05, 0.1) is 4.34 Å². The lowest BCUT2D eigenvalue weighted by Crippen LogP contribution is -1.81. The summed E-state index contributed by atoms with van der Waals surface area (Å²) in [5.74, 6) is 0. The van der Waals surface area contributed by atoms with E-state index in [-0.39, 0.29) is 0 Å². The van der Waals surface area contributed by atoms with Crippen LogP contribution in [0.3, 0.4) is 0 Å². The van der Waals surface area contributed by atoms with Gasteiger partial charge in [0.25, 0.3) is 0 Å². The largest absolute Gasteiger partial charge is 0.123 e. The molecule has 0 saturated heterocycles. The van der Waals surface area contributed by atoms with E-state index in [0.29, 0.717) is 0 Å². The zero-order chi connectivity index (χ0) is 9.42. The summed E-state index contributed by atoms with van der Waals surface area (Å²) in [5.41, 5.74) is 1.33. The SMILES string of the molecule is Clc1cc2cc(I)c(CBr)cc2s1. The predicted molar refractivity (Wildman–Crippen MR) is 72.2 cm³/mol. The second-order valence-electron chi connectivity index (χ2n) is 2.67. The van der Waals surface area contributed by atoms with Gasteiger partial charge in [-0.2, -0.15) is 0 Å². The first-order chi connectivity index (χ1) is 6.20. The van der Waals surface area contributed by atoms with Gasteiger partial charge in [-0.15, -0.1) is 11.3 Å². The highest BCUT2D eigenvalue weighted by Crippen LogP contribution is 2.32. The number of hydrogen-bond donors (Lipinski definition) is 0. The molecule has 1 aromatic heterocycles. The van der Waals surface area contributed by atoms with E-state index < -0.39 is 0 Å². The summed E-state index contributed by atoms with van der Waals surface area (Å²) in [6, 6.07) is 6.39. The zero-order valence-electron chi connectivity index (χ0n) is 6.48. The summed E-state index contributed by atoms with van der Waals surface area (Å²) in [6.45, 7) is 0. The summed E-state index contributed by atoms with van der Waals surface area (Å²) in [5, 5.41) is 2.14. The molecule has 0 fully saturated rings. The Kier molecular flexibility index (Phi) is 3.18. The first-order valence-electron chi connectivity index (χ1n) is 3.64. The van der Waals surface area contributed by atoms with Gasteiger partial charge < -0.3 is 0 Å². The lowest BCUT2D eigenvalue weighted by molar-refractivity contribution is 1.43. The van der Waals surface area contributed by atoms with Gasteiger partial charge in [-0.05, 0) is 51.7 Å². The third-order valence-electron chi connectivity index (χ3n) is 1.80. The maximum absolute atomic E-state index is 5.94. The molecular formula is C9H5BrClIS. The number of hydrogen-bond acceptors (Lipinski definition) is 1. The van der Waals surface area contributed by atoms with Crippen molar-refractivity contribution in [3.8, 4) is 0 Å². The third kappa shape index (κ3) is 2.03. The van der Waals surface area contributed by atoms with Gasteiger partial charge in [0.1, 0.15) is 0 Å². The molecule has 0 radical (unpaired) electrons. The minimum Gasteiger partial charge on any atom is -0.123 e. The van der Waals surface area contributed by atoms with E-state index in [1.165, 1.54) is 19.2 Å². The maximum atomic E-state index is 5.94. The predicted octanol–water partition coefficient (Wildman–Crippen LogP) is 5.05. The molecule has 0 atom stereocenters. The van der Waals surface area contributed by atoms with Gasteiger partial charge in [-0.3, -0.25) is 0 Å². The van der Waals surface area contributed by atoms with Crippen molar-refractivity contribution >= 4 is 71.5 Å². The highest BCUT2D eigenvalue weighted by atomic mass is 127. The van der Waals surface area contributed by atoms with E-state index in [0.717, 1.165) is 9.67 Å². The second-order valence-corrected chi connectivity index (χ2v) is 6.10. The van der Waals surface area contributed by atoms with E-state index in [1.807, 2.05) is 6.07 Å². The standard InChI is InChI=1S/C9H5BrClIS/c10-4-6-2-8-5(1-7(6)12)3-9(11)13-8/h1-3H,4H2. The topological polar surface area (TPSA) is 0 Å². The third-order valence-corrected chi connectivity index (χ3v) is 4.63. The molecule has 0 nitrogen and oxygen atoms in total. The average molecular weight is 387 g/mol. The van der Waals surface area contributed by atoms with Crippen LogP contribution in [0.2, 0.25) is 4.34 Å². The van der Waals surface area contributed by atoms with Gasteiger partial charge >= 0.3 is 0 Å². The van der Waals surface area contributed by atoms with Gasteiger partial charge in [0.2, 0.25) is 0 Å². The van der Waals surface area contributed by atoms with Crippen LogP contribution in [0, 0.1) is 3.57 Å². The quantitative estimate of drug-likeness (QED) is 0.474. The van der Waals surface area contributed by atoms with Gasteiger partial charge in [-0.1, -0.05) is 27.5 Å². The van der Waals surface area contributed by atoms with E-state index in [2.05, 4.69) is 50.7 Å². The van der Waals surface area contributed by atoms with Crippen LogP contribution in [-0.2, 0) is 5.33 Å². The van der Waals surface area contributed by atoms with Crippen molar-refractivity contribution < 1.29 is 0 Å². The molecule has 4 heteroatoms. The Morgan fingerprint density at radius 1 is 1.38 bits per heavy atom. The molecule has 13 heavy (non-hydrogen) atoms. The van der Waals surface area contributed by atoms with Crippen LogP contribution in [0.4, 0.5) is 0 Å². The monoisotopic (exact) mass is 386 g/mol. The van der Waals surface area contributed by atoms with Crippen LogP contribution in [0.25, 0.3) is 10.1 Å². The van der Waals surface area contributed by atoms with Crippen LogP contribution < -0.4 is 0 Å². The molecule has 0 aliphatic carbocycles. The Balaban J connectivity index is 2.72. The number of thiophene rings is 1. The fourth-order valence-electron chi connectivity index (χ4n) is 1.17. The van der Waals surface area contributed by atoms with Gasteiger partial charge in [0.15, 0.2) is 0 Å². The Bertz CT molecular complexity index is 452. The number of rotatable bonds is 1. The minimum atomic E-state index is 0.859. The first kappa shape index (κ1) is 10.2. The second kappa shape index (κ2) is 4.04. The van der Waals surface area contributed by atoms with E-state index in [4.69, 9.17) is 11.6 Å². The van der Waals surface area contributed by atoms with Crippen LogP contribution in [-0.4, -0.2) is 0 Å². The smallest absolute Gasteiger partial charge is 0.0940 e. The number of alkyl halides is 1. The van der Waals surface area contributed by atoms with Crippen LogP contribution >= 0.6 is 61.5 Å². The summed E-state index contributed by atoms with van der Waals surface area (Å²) in [6.07, 6.45) is 0. The molecule has 2 rings (SSSR count). The van der Waals surface area contributed by atoms with E-state index in [9.17, 15) is 0 Å². The Morgan fingerprint density at radius 3 is 2.85 bits per heavy atom. The normalized spacial score (nSPS) is 11.0. The lowest BCUT2D eigenvalue weighted by Gasteiger charge is -1.99. The van der Waals surface area contributed by atoms with Crippen LogP contribution in [0.15, 0.2) is 18.2 Å². The summed E-state index contributed by atoms with van der Waals surface area (Å²) in [4.78, 5) is 0. The molecule has 0 aliphatic rings.